The van der Waals surface area contributed by atoms with Crippen molar-refractivity contribution in [3.63, 3.8) is 0 Å². The molecule has 0 radical (unpaired) electrons. The topological polar surface area (TPSA) is 85.4 Å². The summed E-state index contributed by atoms with van der Waals surface area (Å²) in [5.74, 6) is -1.02. The van der Waals surface area contributed by atoms with E-state index in [0.29, 0.717) is 41.1 Å². The molecule has 3 aromatic rings. The van der Waals surface area contributed by atoms with Gasteiger partial charge in [-0.3, -0.25) is 14.4 Å². The Morgan fingerprint density at radius 3 is 2.29 bits per heavy atom. The van der Waals surface area contributed by atoms with Crippen LogP contribution in [0.1, 0.15) is 29.5 Å². The van der Waals surface area contributed by atoms with Crippen molar-refractivity contribution < 1.29 is 27.9 Å². The number of hydrogen-bond donors (Lipinski definition) is 1. The van der Waals surface area contributed by atoms with Crippen molar-refractivity contribution in [2.45, 2.75) is 32.1 Å². The van der Waals surface area contributed by atoms with Crippen molar-refractivity contribution in [3.05, 3.63) is 83.1 Å². The molecule has 1 aromatic heterocycles. The zero-order valence-electron chi connectivity index (χ0n) is 18.1. The Bertz CT molecular complexity index is 1320. The summed E-state index contributed by atoms with van der Waals surface area (Å²) >= 11 is 0. The lowest BCUT2D eigenvalue weighted by Crippen LogP contribution is -2.28. The van der Waals surface area contributed by atoms with Crippen LogP contribution in [-0.4, -0.2) is 22.5 Å². The predicted molar refractivity (Wildman–Crippen MR) is 119 cm³/mol. The third-order valence-electron chi connectivity index (χ3n) is 6.28. The maximum Gasteiger partial charge on any atom is 0.230 e. The minimum Gasteiger partial charge on any atom is -0.454 e. The van der Waals surface area contributed by atoms with Crippen molar-refractivity contribution in [1.29, 1.82) is 0 Å². The second-order valence-corrected chi connectivity index (χ2v) is 8.64. The van der Waals surface area contributed by atoms with Crippen molar-refractivity contribution in [2.75, 3.05) is 5.32 Å². The van der Waals surface area contributed by atoms with E-state index < -0.39 is 11.2 Å². The number of nitrogens with one attached hydrogen (secondary N) is 1. The van der Waals surface area contributed by atoms with Crippen LogP contribution in [0.25, 0.3) is 0 Å². The smallest absolute Gasteiger partial charge is 0.230 e. The number of fused-ring (bicyclic) bond motifs is 1. The highest BCUT2D eigenvalue weighted by Crippen LogP contribution is 2.49. The Balaban J connectivity index is 1.27. The van der Waals surface area contributed by atoms with Crippen LogP contribution < -0.4 is 10.1 Å². The van der Waals surface area contributed by atoms with Crippen LogP contribution in [-0.2, 0) is 33.6 Å². The minimum atomic E-state index is -1.04. The van der Waals surface area contributed by atoms with Gasteiger partial charge in [0.05, 0.1) is 11.8 Å². The summed E-state index contributed by atoms with van der Waals surface area (Å²) in [5, 5.41) is 2.61. The van der Waals surface area contributed by atoms with Gasteiger partial charge >= 0.3 is 0 Å². The van der Waals surface area contributed by atoms with Crippen molar-refractivity contribution in [2.24, 2.45) is 5.41 Å². The lowest BCUT2D eigenvalue weighted by molar-refractivity contribution is -0.134. The minimum absolute atomic E-state index is 0.0440. The van der Waals surface area contributed by atoms with E-state index in [0.717, 1.165) is 0 Å². The first kappa shape index (κ1) is 21.9. The van der Waals surface area contributed by atoms with E-state index in [4.69, 9.17) is 4.74 Å². The molecular weight excluding hydrogens is 442 g/mol. The summed E-state index contributed by atoms with van der Waals surface area (Å²) in [4.78, 5) is 41.4. The molecule has 1 aliphatic carbocycles. The van der Waals surface area contributed by atoms with Gasteiger partial charge in [0.1, 0.15) is 17.4 Å². The molecule has 2 aromatic carbocycles. The van der Waals surface area contributed by atoms with E-state index in [1.807, 2.05) is 0 Å². The Kier molecular flexibility index (Phi) is 5.43. The maximum atomic E-state index is 14.8. The number of aromatic nitrogens is 1. The normalized spacial score (nSPS) is 15.4. The molecule has 1 saturated carbocycles. The summed E-state index contributed by atoms with van der Waals surface area (Å²) in [6.07, 6.45) is 2.48. The van der Waals surface area contributed by atoms with E-state index in [-0.39, 0.29) is 48.3 Å². The molecule has 0 bridgehead atoms. The number of amides is 1. The van der Waals surface area contributed by atoms with Crippen LogP contribution >= 0.6 is 0 Å². The average molecular weight is 462 g/mol. The number of carbonyl (C=O) groups is 3. The molecule has 6 nitrogen and oxygen atoms in total. The summed E-state index contributed by atoms with van der Waals surface area (Å²) in [7, 11) is 0. The van der Waals surface area contributed by atoms with E-state index in [1.165, 1.54) is 42.6 Å². The van der Waals surface area contributed by atoms with Crippen LogP contribution in [0, 0.1) is 17.0 Å². The lowest BCUT2D eigenvalue weighted by Gasteiger charge is -2.14. The van der Waals surface area contributed by atoms with Gasteiger partial charge in [0.15, 0.2) is 23.1 Å². The first-order valence-corrected chi connectivity index (χ1v) is 10.9. The van der Waals surface area contributed by atoms with Gasteiger partial charge in [-0.2, -0.15) is 0 Å². The Morgan fingerprint density at radius 2 is 1.62 bits per heavy atom. The Hall–Kier alpha value is -3.94. The molecule has 34 heavy (non-hydrogen) atoms. The first-order chi connectivity index (χ1) is 16.3. The Labute approximate surface area is 194 Å². The van der Waals surface area contributed by atoms with Gasteiger partial charge in [0.25, 0.3) is 0 Å². The highest BCUT2D eigenvalue weighted by molar-refractivity contribution is 6.11. The molecule has 2 heterocycles. The monoisotopic (exact) mass is 462 g/mol. The van der Waals surface area contributed by atoms with Gasteiger partial charge in [0, 0.05) is 24.6 Å². The molecule has 0 atom stereocenters. The SMILES string of the molecule is O=C1Cc2c(Oc3ccc(CC(=O)C4(C(=O)Cc5ccc(F)cc5)CC4)cc3F)ccnc2N1. The molecule has 172 valence electrons. The molecular formula is C26H20F2N2O4. The van der Waals surface area contributed by atoms with Gasteiger partial charge in [-0.25, -0.2) is 13.8 Å². The molecule has 1 N–H and O–H groups in total. The lowest BCUT2D eigenvalue weighted by atomic mass is 9.88. The Morgan fingerprint density at radius 1 is 0.941 bits per heavy atom. The van der Waals surface area contributed by atoms with Crippen LogP contribution in [0.4, 0.5) is 14.6 Å². The zero-order chi connectivity index (χ0) is 23.9. The molecule has 8 heteroatoms. The number of Topliss-reactive ketones (excluding diaryl/α,β-unsaturated/α-hetero) is 2. The second-order valence-electron chi connectivity index (χ2n) is 8.64. The summed E-state index contributed by atoms with van der Waals surface area (Å²) in [5.41, 5.74) is 0.600. The van der Waals surface area contributed by atoms with Gasteiger partial charge in [-0.05, 0) is 54.3 Å². The van der Waals surface area contributed by atoms with Crippen molar-refractivity contribution in [1.82, 2.24) is 4.98 Å². The van der Waals surface area contributed by atoms with Crippen LogP contribution in [0.2, 0.25) is 0 Å². The van der Waals surface area contributed by atoms with Crippen molar-refractivity contribution >= 4 is 23.3 Å². The van der Waals surface area contributed by atoms with E-state index in [1.54, 1.807) is 12.1 Å². The molecule has 1 fully saturated rings. The fraction of sp³-hybridized carbons (Fsp3) is 0.231. The number of carbonyl (C=O) groups excluding carboxylic acids is 3. The predicted octanol–water partition coefficient (Wildman–Crippen LogP) is 4.35. The molecule has 1 amide bonds. The number of halogens is 2. The van der Waals surface area contributed by atoms with E-state index >= 15 is 0 Å². The van der Waals surface area contributed by atoms with Gasteiger partial charge < -0.3 is 10.1 Å². The average Bonchev–Trinajstić information content (AvgIpc) is 3.53. The number of ketones is 2. The number of nitrogens with zero attached hydrogens (tertiary/aromatic N) is 1. The number of anilines is 1. The fourth-order valence-corrected chi connectivity index (χ4v) is 4.19. The highest BCUT2D eigenvalue weighted by Gasteiger charge is 2.54. The summed E-state index contributed by atoms with van der Waals surface area (Å²) < 4.78 is 33.6. The number of pyridine rings is 1. The molecule has 0 saturated heterocycles. The highest BCUT2D eigenvalue weighted by atomic mass is 19.1. The fourth-order valence-electron chi connectivity index (χ4n) is 4.19. The van der Waals surface area contributed by atoms with Gasteiger partial charge in [0.2, 0.25) is 5.91 Å². The molecule has 0 spiro atoms. The van der Waals surface area contributed by atoms with Crippen LogP contribution in [0.15, 0.2) is 54.7 Å². The number of hydrogen-bond acceptors (Lipinski definition) is 5. The molecule has 5 rings (SSSR count). The largest absolute Gasteiger partial charge is 0.454 e. The van der Waals surface area contributed by atoms with Gasteiger partial charge in [-0.15, -0.1) is 0 Å². The number of benzene rings is 2. The van der Waals surface area contributed by atoms with Crippen LogP contribution in [0.5, 0.6) is 11.5 Å². The number of ether oxygens (including phenoxy) is 1. The molecule has 2 aliphatic rings. The van der Waals surface area contributed by atoms with E-state index in [9.17, 15) is 23.2 Å². The molecule has 1 aliphatic heterocycles. The molecule has 0 unspecified atom stereocenters. The maximum absolute atomic E-state index is 14.8. The summed E-state index contributed by atoms with van der Waals surface area (Å²) in [6.45, 7) is 0. The second kappa shape index (κ2) is 8.44. The van der Waals surface area contributed by atoms with Crippen LogP contribution in [0.3, 0.4) is 0 Å². The number of rotatable bonds is 8. The van der Waals surface area contributed by atoms with Gasteiger partial charge in [-0.1, -0.05) is 18.2 Å². The zero-order valence-corrected chi connectivity index (χ0v) is 18.1. The third kappa shape index (κ3) is 4.19. The standard InChI is InChI=1S/C26H20F2N2O4/c27-17-4-1-15(2-5-17)12-22(31)26(8-9-26)23(32)13-16-3-6-21(19(28)11-16)34-20-7-10-29-25-18(20)14-24(33)30-25/h1-7,10-11H,8-9,12-14H2,(H,29,30,33). The third-order valence-corrected chi connectivity index (χ3v) is 6.28. The first-order valence-electron chi connectivity index (χ1n) is 10.9. The quantitative estimate of drug-likeness (QED) is 0.503. The van der Waals surface area contributed by atoms with Crippen molar-refractivity contribution in [3.8, 4) is 11.5 Å². The summed E-state index contributed by atoms with van der Waals surface area (Å²) in [6, 6.07) is 11.4. The van der Waals surface area contributed by atoms with E-state index in [2.05, 4.69) is 10.3 Å².